The van der Waals surface area contributed by atoms with Gasteiger partial charge in [0.2, 0.25) is 0 Å². The lowest BCUT2D eigenvalue weighted by Crippen LogP contribution is -2.03. The van der Waals surface area contributed by atoms with E-state index in [1.54, 1.807) is 6.20 Å². The van der Waals surface area contributed by atoms with E-state index < -0.39 is 0 Å². The largest absolute Gasteiger partial charge is 0.392 e. The Balaban J connectivity index is 1.51. The highest BCUT2D eigenvalue weighted by Gasteiger charge is 2.10. The third-order valence-electron chi connectivity index (χ3n) is 4.79. The van der Waals surface area contributed by atoms with Crippen molar-refractivity contribution in [3.8, 4) is 11.3 Å². The summed E-state index contributed by atoms with van der Waals surface area (Å²) in [4.78, 5) is 9.15. The van der Waals surface area contributed by atoms with Gasteiger partial charge in [-0.3, -0.25) is 4.98 Å². The van der Waals surface area contributed by atoms with Gasteiger partial charge in [0, 0.05) is 17.1 Å². The molecule has 0 fully saturated rings. The fourth-order valence-electron chi connectivity index (χ4n) is 3.30. The van der Waals surface area contributed by atoms with Gasteiger partial charge in [-0.15, -0.1) is 5.10 Å². The zero-order valence-electron chi connectivity index (χ0n) is 15.0. The maximum absolute atomic E-state index is 9.22. The Kier molecular flexibility index (Phi) is 4.03. The molecule has 5 rings (SSSR count). The average Bonchev–Trinajstić information content (AvgIpc) is 3.16. The first-order valence-electron chi connectivity index (χ1n) is 9.04. The van der Waals surface area contributed by atoms with Gasteiger partial charge in [-0.2, -0.15) is 0 Å². The molecule has 136 valence electrons. The normalized spacial score (nSPS) is 11.3. The minimum Gasteiger partial charge on any atom is -0.392 e. The number of rotatable bonds is 4. The summed E-state index contributed by atoms with van der Waals surface area (Å²) in [5, 5.41) is 18.8. The lowest BCUT2D eigenvalue weighted by Gasteiger charge is -2.06. The molecule has 0 atom stereocenters. The van der Waals surface area contributed by atoms with Gasteiger partial charge in [-0.05, 0) is 41.5 Å². The van der Waals surface area contributed by atoms with Crippen LogP contribution in [0.25, 0.3) is 33.3 Å². The van der Waals surface area contributed by atoms with Gasteiger partial charge in [0.1, 0.15) is 5.52 Å². The molecule has 28 heavy (non-hydrogen) atoms. The number of pyridine rings is 2. The molecular weight excluding hydrogens is 350 g/mol. The van der Waals surface area contributed by atoms with E-state index in [9.17, 15) is 5.11 Å². The van der Waals surface area contributed by atoms with Crippen molar-refractivity contribution in [1.82, 2.24) is 25.0 Å². The van der Waals surface area contributed by atoms with Crippen molar-refractivity contribution >= 4 is 22.1 Å². The first-order chi connectivity index (χ1) is 13.8. The zero-order chi connectivity index (χ0) is 18.9. The lowest BCUT2D eigenvalue weighted by atomic mass is 10.1. The van der Waals surface area contributed by atoms with E-state index >= 15 is 0 Å². The van der Waals surface area contributed by atoms with Crippen LogP contribution < -0.4 is 0 Å². The standard InChI is InChI=1S/C22H17N5O/c28-14-15-3-6-17(7-4-15)20-9-10-21-22(24-20)27(26-25-21)13-16-5-8-19-18(12-16)2-1-11-23-19/h1-12,28H,13-14H2. The molecule has 0 aliphatic rings. The summed E-state index contributed by atoms with van der Waals surface area (Å²) in [5.41, 5.74) is 6.32. The van der Waals surface area contributed by atoms with Gasteiger partial charge in [0.25, 0.3) is 0 Å². The number of nitrogens with zero attached hydrogens (tertiary/aromatic N) is 5. The maximum Gasteiger partial charge on any atom is 0.179 e. The third-order valence-corrected chi connectivity index (χ3v) is 4.79. The smallest absolute Gasteiger partial charge is 0.179 e. The Morgan fingerprint density at radius 3 is 2.54 bits per heavy atom. The van der Waals surface area contributed by atoms with Crippen molar-refractivity contribution < 1.29 is 5.11 Å². The van der Waals surface area contributed by atoms with Gasteiger partial charge in [-0.25, -0.2) is 9.67 Å². The molecule has 0 saturated heterocycles. The van der Waals surface area contributed by atoms with Crippen LogP contribution in [0.2, 0.25) is 0 Å². The van der Waals surface area contributed by atoms with Crippen LogP contribution in [0.5, 0.6) is 0 Å². The molecule has 0 amide bonds. The van der Waals surface area contributed by atoms with Crippen molar-refractivity contribution in [2.45, 2.75) is 13.2 Å². The topological polar surface area (TPSA) is 76.7 Å². The maximum atomic E-state index is 9.22. The lowest BCUT2D eigenvalue weighted by molar-refractivity contribution is 0.282. The summed E-state index contributed by atoms with van der Waals surface area (Å²) < 4.78 is 1.82. The molecule has 0 aliphatic carbocycles. The van der Waals surface area contributed by atoms with Crippen LogP contribution >= 0.6 is 0 Å². The minimum absolute atomic E-state index is 0.0325. The van der Waals surface area contributed by atoms with Crippen LogP contribution in [0, 0.1) is 0 Å². The second-order valence-electron chi connectivity index (χ2n) is 6.67. The monoisotopic (exact) mass is 367 g/mol. The van der Waals surface area contributed by atoms with Crippen LogP contribution in [0.4, 0.5) is 0 Å². The van der Waals surface area contributed by atoms with E-state index in [0.29, 0.717) is 6.54 Å². The van der Waals surface area contributed by atoms with E-state index in [1.807, 2.05) is 53.2 Å². The first kappa shape index (κ1) is 16.5. The molecular formula is C22H17N5O. The van der Waals surface area contributed by atoms with Crippen LogP contribution in [-0.2, 0) is 13.2 Å². The Labute approximate surface area is 161 Å². The molecule has 3 heterocycles. The highest BCUT2D eigenvalue weighted by molar-refractivity contribution is 5.79. The fraction of sp³-hybridized carbons (Fsp3) is 0.0909. The van der Waals surface area contributed by atoms with E-state index in [4.69, 9.17) is 4.98 Å². The summed E-state index contributed by atoms with van der Waals surface area (Å²) in [6, 6.07) is 21.8. The van der Waals surface area contributed by atoms with Crippen molar-refractivity contribution in [3.05, 3.63) is 84.1 Å². The number of hydrogen-bond donors (Lipinski definition) is 1. The molecule has 0 spiro atoms. The van der Waals surface area contributed by atoms with Gasteiger partial charge in [0.15, 0.2) is 5.65 Å². The van der Waals surface area contributed by atoms with Crippen molar-refractivity contribution in [1.29, 1.82) is 0 Å². The zero-order valence-corrected chi connectivity index (χ0v) is 15.0. The van der Waals surface area contributed by atoms with E-state index in [0.717, 1.165) is 44.5 Å². The van der Waals surface area contributed by atoms with E-state index in [-0.39, 0.29) is 6.61 Å². The number of aromatic nitrogens is 5. The molecule has 1 N–H and O–H groups in total. The van der Waals surface area contributed by atoms with Gasteiger partial charge in [-0.1, -0.05) is 41.6 Å². The number of aliphatic hydroxyl groups is 1. The number of benzene rings is 2. The molecule has 0 unspecified atom stereocenters. The van der Waals surface area contributed by atoms with Crippen LogP contribution in [0.3, 0.4) is 0 Å². The number of fused-ring (bicyclic) bond motifs is 2. The van der Waals surface area contributed by atoms with Crippen LogP contribution in [0.1, 0.15) is 11.1 Å². The highest BCUT2D eigenvalue weighted by atomic mass is 16.3. The van der Waals surface area contributed by atoms with Crippen LogP contribution in [-0.4, -0.2) is 30.1 Å². The highest BCUT2D eigenvalue weighted by Crippen LogP contribution is 2.21. The predicted molar refractivity (Wildman–Crippen MR) is 108 cm³/mol. The van der Waals surface area contributed by atoms with Crippen molar-refractivity contribution in [3.63, 3.8) is 0 Å². The second-order valence-corrected chi connectivity index (χ2v) is 6.67. The molecule has 0 radical (unpaired) electrons. The summed E-state index contributed by atoms with van der Waals surface area (Å²) >= 11 is 0. The van der Waals surface area contributed by atoms with Crippen molar-refractivity contribution in [2.24, 2.45) is 0 Å². The first-order valence-corrected chi connectivity index (χ1v) is 9.04. The Morgan fingerprint density at radius 1 is 0.857 bits per heavy atom. The average molecular weight is 367 g/mol. The predicted octanol–water partition coefficient (Wildman–Crippen LogP) is 3.58. The van der Waals surface area contributed by atoms with E-state index in [2.05, 4.69) is 33.5 Å². The fourth-order valence-corrected chi connectivity index (χ4v) is 3.30. The molecule has 6 nitrogen and oxygen atoms in total. The number of aliphatic hydroxyl groups excluding tert-OH is 1. The molecule has 3 aromatic heterocycles. The van der Waals surface area contributed by atoms with Crippen LogP contribution in [0.15, 0.2) is 72.9 Å². The summed E-state index contributed by atoms with van der Waals surface area (Å²) in [5.74, 6) is 0. The quantitative estimate of drug-likeness (QED) is 0.525. The molecule has 0 aliphatic heterocycles. The summed E-state index contributed by atoms with van der Waals surface area (Å²) in [7, 11) is 0. The Hall–Kier alpha value is -3.64. The molecule has 6 heteroatoms. The summed E-state index contributed by atoms with van der Waals surface area (Å²) in [6.45, 7) is 0.617. The third kappa shape index (κ3) is 3.00. The number of hydrogen-bond acceptors (Lipinski definition) is 5. The van der Waals surface area contributed by atoms with Gasteiger partial charge < -0.3 is 5.11 Å². The Morgan fingerprint density at radius 2 is 1.68 bits per heavy atom. The van der Waals surface area contributed by atoms with Gasteiger partial charge >= 0.3 is 0 Å². The van der Waals surface area contributed by atoms with Crippen molar-refractivity contribution in [2.75, 3.05) is 0 Å². The Bertz CT molecular complexity index is 1280. The second kappa shape index (κ2) is 6.83. The summed E-state index contributed by atoms with van der Waals surface area (Å²) in [6.07, 6.45) is 1.80. The molecule has 2 aromatic carbocycles. The van der Waals surface area contributed by atoms with E-state index in [1.165, 1.54) is 0 Å². The van der Waals surface area contributed by atoms with Gasteiger partial charge in [0.05, 0.1) is 24.4 Å². The molecule has 0 saturated carbocycles. The minimum atomic E-state index is 0.0325. The SMILES string of the molecule is OCc1ccc(-c2ccc3nnn(Cc4ccc5ncccc5c4)c3n2)cc1. The molecule has 0 bridgehead atoms. The molecule has 5 aromatic rings.